The van der Waals surface area contributed by atoms with Crippen LogP contribution in [0.4, 0.5) is 5.69 Å². The number of carboxylic acid groups (broad SMARTS) is 1. The van der Waals surface area contributed by atoms with Gasteiger partial charge in [-0.1, -0.05) is 12.1 Å². The van der Waals surface area contributed by atoms with E-state index in [1.54, 1.807) is 31.2 Å². The summed E-state index contributed by atoms with van der Waals surface area (Å²) >= 11 is 3.18. The van der Waals surface area contributed by atoms with Crippen LogP contribution in [-0.4, -0.2) is 22.0 Å². The predicted octanol–water partition coefficient (Wildman–Crippen LogP) is 3.10. The van der Waals surface area contributed by atoms with Gasteiger partial charge < -0.3 is 10.4 Å². The Morgan fingerprint density at radius 3 is 2.60 bits per heavy atom. The van der Waals surface area contributed by atoms with Gasteiger partial charge in [0.15, 0.2) is 0 Å². The molecule has 0 bridgehead atoms. The Kier molecular flexibility index (Phi) is 4.14. The van der Waals surface area contributed by atoms with E-state index < -0.39 is 11.9 Å². The van der Waals surface area contributed by atoms with E-state index in [4.69, 9.17) is 5.11 Å². The molecule has 2 aromatic rings. The first kappa shape index (κ1) is 14.2. The lowest BCUT2D eigenvalue weighted by molar-refractivity contribution is 0.0698. The van der Waals surface area contributed by atoms with Crippen LogP contribution in [0.5, 0.6) is 0 Å². The van der Waals surface area contributed by atoms with E-state index in [1.807, 2.05) is 0 Å². The number of carbonyl (C=O) groups excluding carboxylic acids is 1. The summed E-state index contributed by atoms with van der Waals surface area (Å²) in [5.74, 6) is -1.49. The molecular weight excluding hydrogens is 324 g/mol. The number of aromatic carboxylic acids is 1. The molecule has 5 nitrogen and oxygen atoms in total. The number of aryl methyl sites for hydroxylation is 1. The highest BCUT2D eigenvalue weighted by Gasteiger charge is 2.15. The number of rotatable bonds is 3. The summed E-state index contributed by atoms with van der Waals surface area (Å²) in [6, 6.07) is 8.07. The first-order valence-corrected chi connectivity index (χ1v) is 6.54. The number of amides is 1. The summed E-state index contributed by atoms with van der Waals surface area (Å²) < 4.78 is 0.621. The molecule has 2 rings (SSSR count). The average Bonchev–Trinajstić information content (AvgIpc) is 2.41. The van der Waals surface area contributed by atoms with E-state index in [9.17, 15) is 9.59 Å². The Hall–Kier alpha value is -2.21. The fourth-order valence-electron chi connectivity index (χ4n) is 1.71. The molecule has 6 heteroatoms. The number of aromatic nitrogens is 1. The molecule has 102 valence electrons. The second-order valence-electron chi connectivity index (χ2n) is 4.13. The van der Waals surface area contributed by atoms with Crippen molar-refractivity contribution in [3.63, 3.8) is 0 Å². The van der Waals surface area contributed by atoms with Crippen LogP contribution in [0.1, 0.15) is 26.3 Å². The number of anilines is 1. The second-order valence-corrected chi connectivity index (χ2v) is 4.94. The number of para-hydroxylation sites is 1. The topological polar surface area (TPSA) is 79.3 Å². The van der Waals surface area contributed by atoms with Crippen LogP contribution in [0.3, 0.4) is 0 Å². The number of nitrogens with one attached hydrogen (secondary N) is 1. The molecule has 0 aliphatic carbocycles. The van der Waals surface area contributed by atoms with Gasteiger partial charge in [-0.2, -0.15) is 0 Å². The normalized spacial score (nSPS) is 10.1. The summed E-state index contributed by atoms with van der Waals surface area (Å²) in [7, 11) is 0. The minimum absolute atomic E-state index is 0.0587. The lowest BCUT2D eigenvalue weighted by atomic mass is 10.1. The maximum atomic E-state index is 12.1. The van der Waals surface area contributed by atoms with Gasteiger partial charge in [-0.3, -0.25) is 4.79 Å². The summed E-state index contributed by atoms with van der Waals surface area (Å²) in [5.41, 5.74) is 1.40. The number of carboxylic acids is 1. The van der Waals surface area contributed by atoms with Gasteiger partial charge in [0.2, 0.25) is 0 Å². The summed E-state index contributed by atoms with van der Waals surface area (Å²) in [5, 5.41) is 11.8. The minimum atomic E-state index is -1.09. The molecule has 0 radical (unpaired) electrons. The van der Waals surface area contributed by atoms with Crippen molar-refractivity contribution in [2.24, 2.45) is 0 Å². The predicted molar refractivity (Wildman–Crippen MR) is 78.0 cm³/mol. The van der Waals surface area contributed by atoms with Gasteiger partial charge in [-0.05, 0) is 46.6 Å². The Bertz CT molecular complexity index is 669. The molecule has 0 saturated carbocycles. The minimum Gasteiger partial charge on any atom is -0.478 e. The molecule has 0 unspecified atom stereocenters. The van der Waals surface area contributed by atoms with Gasteiger partial charge >= 0.3 is 5.97 Å². The van der Waals surface area contributed by atoms with E-state index in [0.29, 0.717) is 21.4 Å². The van der Waals surface area contributed by atoms with Crippen molar-refractivity contribution >= 4 is 33.5 Å². The third-order valence-electron chi connectivity index (χ3n) is 2.73. The quantitative estimate of drug-likeness (QED) is 0.845. The zero-order valence-corrected chi connectivity index (χ0v) is 12.1. The zero-order valence-electron chi connectivity index (χ0n) is 10.6. The number of nitrogens with zero attached hydrogens (tertiary/aromatic N) is 1. The Labute approximate surface area is 123 Å². The second kappa shape index (κ2) is 5.83. The molecule has 1 heterocycles. The SMILES string of the molecule is Cc1cccc(C(=O)O)c1NC(=O)c1ccc(Br)nc1. The van der Waals surface area contributed by atoms with Crippen LogP contribution < -0.4 is 5.32 Å². The highest BCUT2D eigenvalue weighted by molar-refractivity contribution is 9.10. The van der Waals surface area contributed by atoms with Crippen molar-refractivity contribution in [2.45, 2.75) is 6.92 Å². The number of pyridine rings is 1. The average molecular weight is 335 g/mol. The standard InChI is InChI=1S/C14H11BrN2O3/c1-8-3-2-4-10(14(19)20)12(8)17-13(18)9-5-6-11(15)16-7-9/h2-7H,1H3,(H,17,18)(H,19,20). The maximum absolute atomic E-state index is 12.1. The van der Waals surface area contributed by atoms with Crippen molar-refractivity contribution in [1.29, 1.82) is 0 Å². The van der Waals surface area contributed by atoms with Crippen LogP contribution in [-0.2, 0) is 0 Å². The number of hydrogen-bond donors (Lipinski definition) is 2. The van der Waals surface area contributed by atoms with E-state index in [2.05, 4.69) is 26.2 Å². The zero-order chi connectivity index (χ0) is 14.7. The fraction of sp³-hybridized carbons (Fsp3) is 0.0714. The van der Waals surface area contributed by atoms with Crippen molar-refractivity contribution < 1.29 is 14.7 Å². The Morgan fingerprint density at radius 1 is 1.25 bits per heavy atom. The molecule has 0 aliphatic heterocycles. The smallest absolute Gasteiger partial charge is 0.337 e. The van der Waals surface area contributed by atoms with Crippen molar-refractivity contribution in [3.8, 4) is 0 Å². The van der Waals surface area contributed by atoms with Crippen LogP contribution in [0.2, 0.25) is 0 Å². The van der Waals surface area contributed by atoms with Crippen molar-refractivity contribution in [3.05, 3.63) is 57.8 Å². The van der Waals surface area contributed by atoms with Crippen LogP contribution in [0.25, 0.3) is 0 Å². The van der Waals surface area contributed by atoms with Crippen LogP contribution >= 0.6 is 15.9 Å². The summed E-state index contributed by atoms with van der Waals surface area (Å²) in [6.07, 6.45) is 1.41. The molecule has 1 aromatic carbocycles. The number of hydrogen-bond acceptors (Lipinski definition) is 3. The van der Waals surface area contributed by atoms with Crippen molar-refractivity contribution in [2.75, 3.05) is 5.32 Å². The summed E-state index contributed by atoms with van der Waals surface area (Å²) in [6.45, 7) is 1.74. The molecule has 0 atom stereocenters. The monoisotopic (exact) mass is 334 g/mol. The summed E-state index contributed by atoms with van der Waals surface area (Å²) in [4.78, 5) is 27.2. The number of halogens is 1. The molecule has 0 aliphatic rings. The van der Waals surface area contributed by atoms with Gasteiger partial charge in [0, 0.05) is 6.20 Å². The first-order chi connectivity index (χ1) is 9.49. The number of benzene rings is 1. The van der Waals surface area contributed by atoms with E-state index in [0.717, 1.165) is 0 Å². The third-order valence-corrected chi connectivity index (χ3v) is 3.20. The molecule has 0 saturated heterocycles. The van der Waals surface area contributed by atoms with Gasteiger partial charge in [0.1, 0.15) is 4.60 Å². The maximum Gasteiger partial charge on any atom is 0.337 e. The lowest BCUT2D eigenvalue weighted by Crippen LogP contribution is -2.16. The van der Waals surface area contributed by atoms with Crippen molar-refractivity contribution in [1.82, 2.24) is 4.98 Å². The van der Waals surface area contributed by atoms with Gasteiger partial charge in [0.25, 0.3) is 5.91 Å². The highest BCUT2D eigenvalue weighted by atomic mass is 79.9. The van der Waals surface area contributed by atoms with Crippen LogP contribution in [0.15, 0.2) is 41.1 Å². The lowest BCUT2D eigenvalue weighted by Gasteiger charge is -2.11. The molecule has 2 N–H and O–H groups in total. The molecule has 0 spiro atoms. The molecule has 1 aromatic heterocycles. The van der Waals surface area contributed by atoms with E-state index in [-0.39, 0.29) is 5.56 Å². The largest absolute Gasteiger partial charge is 0.478 e. The first-order valence-electron chi connectivity index (χ1n) is 5.75. The highest BCUT2D eigenvalue weighted by Crippen LogP contribution is 2.21. The van der Waals surface area contributed by atoms with Gasteiger partial charge in [0.05, 0.1) is 16.8 Å². The van der Waals surface area contributed by atoms with E-state index >= 15 is 0 Å². The van der Waals surface area contributed by atoms with Crippen LogP contribution in [0, 0.1) is 6.92 Å². The number of carbonyl (C=O) groups is 2. The Morgan fingerprint density at radius 2 is 2.00 bits per heavy atom. The van der Waals surface area contributed by atoms with Gasteiger partial charge in [-0.15, -0.1) is 0 Å². The Balaban J connectivity index is 2.32. The third kappa shape index (κ3) is 3.03. The molecule has 1 amide bonds. The van der Waals surface area contributed by atoms with Gasteiger partial charge in [-0.25, -0.2) is 9.78 Å². The molecule has 20 heavy (non-hydrogen) atoms. The molecular formula is C14H11BrN2O3. The molecule has 0 fully saturated rings. The fourth-order valence-corrected chi connectivity index (χ4v) is 1.94. The van der Waals surface area contributed by atoms with E-state index in [1.165, 1.54) is 12.3 Å².